The van der Waals surface area contributed by atoms with E-state index in [0.717, 1.165) is 27.2 Å². The van der Waals surface area contributed by atoms with Gasteiger partial charge >= 0.3 is 0 Å². The first kappa shape index (κ1) is 15.9. The first-order valence-corrected chi connectivity index (χ1v) is 8.58. The van der Waals surface area contributed by atoms with Crippen LogP contribution in [0.25, 0.3) is 10.9 Å². The lowest BCUT2D eigenvalue weighted by Crippen LogP contribution is -2.27. The number of nitrogens with one attached hydrogen (secondary N) is 1. The van der Waals surface area contributed by atoms with Gasteiger partial charge in [-0.25, -0.2) is 4.98 Å². The fourth-order valence-electron chi connectivity index (χ4n) is 2.74. The van der Waals surface area contributed by atoms with Crippen molar-refractivity contribution in [1.29, 1.82) is 0 Å². The van der Waals surface area contributed by atoms with Crippen molar-refractivity contribution < 1.29 is 0 Å². The van der Waals surface area contributed by atoms with Gasteiger partial charge in [0, 0.05) is 30.6 Å². The van der Waals surface area contributed by atoms with Crippen molar-refractivity contribution in [2.45, 2.75) is 33.4 Å². The lowest BCUT2D eigenvalue weighted by atomic mass is 10.1. The molecule has 0 amide bonds. The zero-order valence-corrected chi connectivity index (χ0v) is 14.7. The van der Waals surface area contributed by atoms with E-state index in [-0.39, 0.29) is 11.6 Å². The van der Waals surface area contributed by atoms with Gasteiger partial charge in [0.05, 0.1) is 16.2 Å². The fourth-order valence-corrected chi connectivity index (χ4v) is 3.45. The second kappa shape index (κ2) is 6.26. The Morgan fingerprint density at radius 3 is 2.78 bits per heavy atom. The van der Waals surface area contributed by atoms with E-state index in [1.807, 2.05) is 32.2 Å². The third-order valence-corrected chi connectivity index (χ3v) is 4.92. The smallest absolute Gasteiger partial charge is 0.255 e. The molecule has 23 heavy (non-hydrogen) atoms. The van der Waals surface area contributed by atoms with Gasteiger partial charge in [0.25, 0.3) is 5.56 Å². The Morgan fingerprint density at radius 2 is 2.09 bits per heavy atom. The molecule has 0 fully saturated rings. The summed E-state index contributed by atoms with van der Waals surface area (Å²) in [6.07, 6.45) is 0. The Bertz CT molecular complexity index is 910. The zero-order valence-electron chi connectivity index (χ0n) is 13.9. The highest BCUT2D eigenvalue weighted by atomic mass is 32.1. The van der Waals surface area contributed by atoms with Crippen LogP contribution in [0.1, 0.15) is 34.8 Å². The summed E-state index contributed by atoms with van der Waals surface area (Å²) >= 11 is 1.65. The van der Waals surface area contributed by atoms with Gasteiger partial charge in [0.2, 0.25) is 0 Å². The van der Waals surface area contributed by atoms with Gasteiger partial charge in [0.1, 0.15) is 0 Å². The van der Waals surface area contributed by atoms with Crippen LogP contribution in [0.5, 0.6) is 0 Å². The van der Waals surface area contributed by atoms with Crippen LogP contribution in [-0.4, -0.2) is 9.55 Å². The van der Waals surface area contributed by atoms with Gasteiger partial charge in [-0.15, -0.1) is 11.3 Å². The summed E-state index contributed by atoms with van der Waals surface area (Å²) in [5, 5.41) is 7.63. The molecule has 1 N–H and O–H groups in total. The molecule has 2 aromatic heterocycles. The Kier molecular flexibility index (Phi) is 4.33. The standard InChI is InChI=1S/C18H21N3OS/c1-11-5-6-17-14(7-11)8-15(18(22)21(17)4)9-19-12(2)16-10-23-13(3)20-16/h5-8,10,12,19H,9H2,1-4H3. The Hall–Kier alpha value is -1.98. The predicted octanol–water partition coefficient (Wildman–Crippen LogP) is 3.46. The van der Waals surface area contributed by atoms with Gasteiger partial charge in [-0.05, 0) is 44.4 Å². The largest absolute Gasteiger partial charge is 0.311 e. The van der Waals surface area contributed by atoms with Crippen LogP contribution in [0.2, 0.25) is 0 Å². The summed E-state index contributed by atoms with van der Waals surface area (Å²) in [6.45, 7) is 6.68. The normalized spacial score (nSPS) is 12.7. The van der Waals surface area contributed by atoms with E-state index in [9.17, 15) is 4.79 Å². The molecule has 0 aliphatic rings. The van der Waals surface area contributed by atoms with Crippen molar-refractivity contribution in [2.24, 2.45) is 7.05 Å². The molecule has 0 aliphatic carbocycles. The molecule has 5 heteroatoms. The Labute approximate surface area is 139 Å². The number of hydrogen-bond donors (Lipinski definition) is 1. The van der Waals surface area contributed by atoms with Crippen LogP contribution in [0.3, 0.4) is 0 Å². The first-order valence-electron chi connectivity index (χ1n) is 7.70. The second-order valence-corrected chi connectivity index (χ2v) is 7.05. The summed E-state index contributed by atoms with van der Waals surface area (Å²) in [4.78, 5) is 17.0. The Morgan fingerprint density at radius 1 is 1.30 bits per heavy atom. The highest BCUT2D eigenvalue weighted by Crippen LogP contribution is 2.18. The number of fused-ring (bicyclic) bond motifs is 1. The molecule has 1 atom stereocenters. The topological polar surface area (TPSA) is 46.9 Å². The lowest BCUT2D eigenvalue weighted by Gasteiger charge is -2.13. The van der Waals surface area contributed by atoms with E-state index in [2.05, 4.69) is 35.6 Å². The number of benzene rings is 1. The van der Waals surface area contributed by atoms with Crippen LogP contribution in [0.4, 0.5) is 0 Å². The number of rotatable bonds is 4. The summed E-state index contributed by atoms with van der Waals surface area (Å²) < 4.78 is 1.73. The van der Waals surface area contributed by atoms with Crippen molar-refractivity contribution >= 4 is 22.2 Å². The molecule has 0 spiro atoms. The predicted molar refractivity (Wildman–Crippen MR) is 96.0 cm³/mol. The summed E-state index contributed by atoms with van der Waals surface area (Å²) in [6, 6.07) is 8.27. The molecule has 0 saturated heterocycles. The maximum atomic E-state index is 12.5. The third-order valence-electron chi connectivity index (χ3n) is 4.13. The average molecular weight is 327 g/mol. The highest BCUT2D eigenvalue weighted by Gasteiger charge is 2.11. The molecule has 0 radical (unpaired) electrons. The number of hydrogen-bond acceptors (Lipinski definition) is 4. The van der Waals surface area contributed by atoms with Gasteiger partial charge in [-0.3, -0.25) is 4.79 Å². The zero-order chi connectivity index (χ0) is 16.6. The molecule has 0 bridgehead atoms. The molecule has 1 unspecified atom stereocenters. The van der Waals surface area contributed by atoms with Crippen molar-refractivity contribution in [1.82, 2.24) is 14.9 Å². The van der Waals surface area contributed by atoms with E-state index in [1.54, 1.807) is 15.9 Å². The molecule has 2 heterocycles. The van der Waals surface area contributed by atoms with Gasteiger partial charge in [0.15, 0.2) is 0 Å². The lowest BCUT2D eigenvalue weighted by molar-refractivity contribution is 0.559. The number of aromatic nitrogens is 2. The highest BCUT2D eigenvalue weighted by molar-refractivity contribution is 7.09. The van der Waals surface area contributed by atoms with E-state index in [0.29, 0.717) is 6.54 Å². The summed E-state index contributed by atoms with van der Waals surface area (Å²) in [5.74, 6) is 0. The monoisotopic (exact) mass is 327 g/mol. The molecule has 120 valence electrons. The van der Waals surface area contributed by atoms with Crippen molar-refractivity contribution in [3.05, 3.63) is 61.8 Å². The van der Waals surface area contributed by atoms with Crippen LogP contribution >= 0.6 is 11.3 Å². The van der Waals surface area contributed by atoms with Gasteiger partial charge < -0.3 is 9.88 Å². The quantitative estimate of drug-likeness (QED) is 0.798. The Balaban J connectivity index is 1.88. The maximum Gasteiger partial charge on any atom is 0.255 e. The van der Waals surface area contributed by atoms with Crippen LogP contribution in [0, 0.1) is 13.8 Å². The number of pyridine rings is 1. The van der Waals surface area contributed by atoms with Crippen molar-refractivity contribution in [2.75, 3.05) is 0 Å². The molecule has 4 nitrogen and oxygen atoms in total. The summed E-state index contributed by atoms with van der Waals surface area (Å²) in [7, 11) is 1.83. The molecule has 3 rings (SSSR count). The number of aryl methyl sites for hydroxylation is 3. The molecular formula is C18H21N3OS. The van der Waals surface area contributed by atoms with Crippen molar-refractivity contribution in [3.8, 4) is 0 Å². The fraction of sp³-hybridized carbons (Fsp3) is 0.333. The minimum absolute atomic E-state index is 0.0514. The van der Waals surface area contributed by atoms with E-state index < -0.39 is 0 Å². The second-order valence-electron chi connectivity index (χ2n) is 5.99. The first-order chi connectivity index (χ1) is 11.0. The van der Waals surface area contributed by atoms with Gasteiger partial charge in [-0.1, -0.05) is 11.6 Å². The molecule has 0 saturated carbocycles. The molecular weight excluding hydrogens is 306 g/mol. The van der Waals surface area contributed by atoms with Crippen LogP contribution < -0.4 is 10.9 Å². The third kappa shape index (κ3) is 3.21. The summed E-state index contributed by atoms with van der Waals surface area (Å²) in [5.41, 5.74) is 4.02. The van der Waals surface area contributed by atoms with Crippen LogP contribution in [0.15, 0.2) is 34.4 Å². The van der Waals surface area contributed by atoms with Crippen molar-refractivity contribution in [3.63, 3.8) is 0 Å². The SMILES string of the molecule is Cc1ccc2c(c1)cc(CNC(C)c1csc(C)n1)c(=O)n2C. The minimum Gasteiger partial charge on any atom is -0.311 e. The number of thiazole rings is 1. The van der Waals surface area contributed by atoms with Gasteiger partial charge in [-0.2, -0.15) is 0 Å². The maximum absolute atomic E-state index is 12.5. The average Bonchev–Trinajstić information content (AvgIpc) is 2.95. The van der Waals surface area contributed by atoms with E-state index in [1.165, 1.54) is 5.56 Å². The minimum atomic E-state index is 0.0514. The van der Waals surface area contributed by atoms with Crippen LogP contribution in [-0.2, 0) is 13.6 Å². The van der Waals surface area contributed by atoms with E-state index >= 15 is 0 Å². The molecule has 3 aromatic rings. The molecule has 0 aliphatic heterocycles. The number of nitrogens with zero attached hydrogens (tertiary/aromatic N) is 2. The molecule has 1 aromatic carbocycles. The van der Waals surface area contributed by atoms with E-state index in [4.69, 9.17) is 0 Å².